The highest BCUT2D eigenvalue weighted by Crippen LogP contribution is 2.35. The second kappa shape index (κ2) is 7.29. The molecule has 0 aliphatic heterocycles. The van der Waals surface area contributed by atoms with Gasteiger partial charge in [0.2, 0.25) is 5.91 Å². The van der Waals surface area contributed by atoms with E-state index in [2.05, 4.69) is 34.9 Å². The van der Waals surface area contributed by atoms with E-state index in [4.69, 9.17) is 0 Å². The first-order valence-electron chi connectivity index (χ1n) is 7.30. The van der Waals surface area contributed by atoms with Gasteiger partial charge in [-0.05, 0) is 31.4 Å². The van der Waals surface area contributed by atoms with Gasteiger partial charge in [0.15, 0.2) is 0 Å². The summed E-state index contributed by atoms with van der Waals surface area (Å²) in [5.41, 5.74) is 1.24. The molecule has 0 saturated heterocycles. The Balaban J connectivity index is 2.04. The first-order valence-corrected chi connectivity index (χ1v) is 7.30. The molecular weight excluding hydrogens is 236 g/mol. The molecule has 2 rings (SSSR count). The van der Waals surface area contributed by atoms with Crippen LogP contribution < -0.4 is 10.6 Å². The molecule has 1 aromatic rings. The monoisotopic (exact) mass is 260 g/mol. The lowest BCUT2D eigenvalue weighted by atomic mass is 9.91. The Hall–Kier alpha value is -1.35. The fraction of sp³-hybridized carbons (Fsp3) is 0.562. The molecule has 0 spiro atoms. The molecule has 0 heterocycles. The van der Waals surface area contributed by atoms with Gasteiger partial charge in [0.05, 0.1) is 6.04 Å². The minimum atomic E-state index is 0.148. The van der Waals surface area contributed by atoms with Crippen molar-refractivity contribution in [3.05, 3.63) is 35.9 Å². The maximum atomic E-state index is 12.0. The van der Waals surface area contributed by atoms with Crippen LogP contribution >= 0.6 is 0 Å². The molecule has 3 nitrogen and oxygen atoms in total. The maximum Gasteiger partial charge on any atom is 0.221 e. The SMILES string of the molecule is CNCCC(=O)NC(c1ccccc1)C1CCCC1. The highest BCUT2D eigenvalue weighted by atomic mass is 16.1. The normalized spacial score (nSPS) is 17.3. The molecule has 1 aliphatic carbocycles. The van der Waals surface area contributed by atoms with Crippen molar-refractivity contribution in [3.8, 4) is 0 Å². The number of carbonyl (C=O) groups excluding carboxylic acids is 1. The van der Waals surface area contributed by atoms with E-state index in [1.54, 1.807) is 0 Å². The average molecular weight is 260 g/mol. The minimum absolute atomic E-state index is 0.148. The lowest BCUT2D eigenvalue weighted by Crippen LogP contribution is -2.34. The third-order valence-electron chi connectivity index (χ3n) is 3.95. The number of rotatable bonds is 6. The molecule has 2 N–H and O–H groups in total. The Morgan fingerprint density at radius 2 is 1.95 bits per heavy atom. The van der Waals surface area contributed by atoms with Gasteiger partial charge in [-0.1, -0.05) is 43.2 Å². The van der Waals surface area contributed by atoms with Crippen LogP contribution in [0.2, 0.25) is 0 Å². The second-order valence-corrected chi connectivity index (χ2v) is 5.35. The summed E-state index contributed by atoms with van der Waals surface area (Å²) < 4.78 is 0. The first-order chi connectivity index (χ1) is 9.31. The zero-order valence-corrected chi connectivity index (χ0v) is 11.7. The summed E-state index contributed by atoms with van der Waals surface area (Å²) in [4.78, 5) is 12.0. The quantitative estimate of drug-likeness (QED) is 0.825. The Bertz CT molecular complexity index is 385. The largest absolute Gasteiger partial charge is 0.349 e. The number of carbonyl (C=O) groups is 1. The minimum Gasteiger partial charge on any atom is -0.349 e. The Morgan fingerprint density at radius 1 is 1.26 bits per heavy atom. The van der Waals surface area contributed by atoms with Gasteiger partial charge >= 0.3 is 0 Å². The fourth-order valence-corrected chi connectivity index (χ4v) is 2.91. The third-order valence-corrected chi connectivity index (χ3v) is 3.95. The van der Waals surface area contributed by atoms with Crippen LogP contribution in [0.1, 0.15) is 43.7 Å². The second-order valence-electron chi connectivity index (χ2n) is 5.35. The van der Waals surface area contributed by atoms with Crippen molar-refractivity contribution in [2.45, 2.75) is 38.1 Å². The predicted molar refractivity (Wildman–Crippen MR) is 77.8 cm³/mol. The van der Waals surface area contributed by atoms with E-state index in [0.717, 1.165) is 6.54 Å². The van der Waals surface area contributed by atoms with Gasteiger partial charge in [0.1, 0.15) is 0 Å². The van der Waals surface area contributed by atoms with Crippen LogP contribution in [0.25, 0.3) is 0 Å². The zero-order valence-electron chi connectivity index (χ0n) is 11.7. The Kier molecular flexibility index (Phi) is 5.40. The van der Waals surface area contributed by atoms with Crippen molar-refractivity contribution in [3.63, 3.8) is 0 Å². The van der Waals surface area contributed by atoms with Gasteiger partial charge in [-0.3, -0.25) is 4.79 Å². The molecule has 0 radical (unpaired) electrons. The van der Waals surface area contributed by atoms with Crippen molar-refractivity contribution in [1.29, 1.82) is 0 Å². The molecule has 0 aromatic heterocycles. The predicted octanol–water partition coefficient (Wildman–Crippen LogP) is 2.64. The highest BCUT2D eigenvalue weighted by Gasteiger charge is 2.27. The summed E-state index contributed by atoms with van der Waals surface area (Å²) in [6, 6.07) is 10.6. The van der Waals surface area contributed by atoms with E-state index in [1.807, 2.05) is 13.1 Å². The van der Waals surface area contributed by atoms with Crippen LogP contribution in [0.3, 0.4) is 0 Å². The fourth-order valence-electron chi connectivity index (χ4n) is 2.91. The van der Waals surface area contributed by atoms with Crippen molar-refractivity contribution < 1.29 is 4.79 Å². The molecule has 1 aromatic carbocycles. The van der Waals surface area contributed by atoms with E-state index in [1.165, 1.54) is 31.2 Å². The van der Waals surface area contributed by atoms with E-state index in [0.29, 0.717) is 12.3 Å². The van der Waals surface area contributed by atoms with Gasteiger partial charge in [-0.25, -0.2) is 0 Å². The summed E-state index contributed by atoms with van der Waals surface area (Å²) in [5.74, 6) is 0.746. The topological polar surface area (TPSA) is 41.1 Å². The van der Waals surface area contributed by atoms with Gasteiger partial charge in [-0.2, -0.15) is 0 Å². The lowest BCUT2D eigenvalue weighted by Gasteiger charge is -2.25. The van der Waals surface area contributed by atoms with Crippen LogP contribution in [0.15, 0.2) is 30.3 Å². The Morgan fingerprint density at radius 3 is 2.58 bits per heavy atom. The molecular formula is C16H24N2O. The van der Waals surface area contributed by atoms with E-state index < -0.39 is 0 Å². The first kappa shape index (κ1) is 14.1. The van der Waals surface area contributed by atoms with Gasteiger partial charge in [0.25, 0.3) is 0 Å². The van der Waals surface area contributed by atoms with Crippen molar-refractivity contribution in [2.24, 2.45) is 5.92 Å². The number of amides is 1. The van der Waals surface area contributed by atoms with E-state index in [9.17, 15) is 4.79 Å². The number of hydrogen-bond acceptors (Lipinski definition) is 2. The van der Waals surface area contributed by atoms with Crippen LogP contribution in [-0.2, 0) is 4.79 Å². The molecule has 3 heteroatoms. The number of benzene rings is 1. The molecule has 1 amide bonds. The smallest absolute Gasteiger partial charge is 0.221 e. The van der Waals surface area contributed by atoms with E-state index >= 15 is 0 Å². The number of hydrogen-bond donors (Lipinski definition) is 2. The summed E-state index contributed by atoms with van der Waals surface area (Å²) >= 11 is 0. The molecule has 1 saturated carbocycles. The third kappa shape index (κ3) is 4.06. The van der Waals surface area contributed by atoms with Gasteiger partial charge < -0.3 is 10.6 Å². The summed E-state index contributed by atoms with van der Waals surface area (Å²) in [6.07, 6.45) is 5.59. The molecule has 104 valence electrons. The molecule has 1 fully saturated rings. The summed E-state index contributed by atoms with van der Waals surface area (Å²) in [7, 11) is 1.87. The highest BCUT2D eigenvalue weighted by molar-refractivity contribution is 5.76. The van der Waals surface area contributed by atoms with Gasteiger partial charge in [-0.15, -0.1) is 0 Å². The van der Waals surface area contributed by atoms with Crippen molar-refractivity contribution in [2.75, 3.05) is 13.6 Å². The summed E-state index contributed by atoms with van der Waals surface area (Å²) in [6.45, 7) is 0.734. The van der Waals surface area contributed by atoms with Crippen LogP contribution in [-0.4, -0.2) is 19.5 Å². The van der Waals surface area contributed by atoms with Crippen LogP contribution in [0, 0.1) is 5.92 Å². The zero-order chi connectivity index (χ0) is 13.5. The molecule has 1 aliphatic rings. The molecule has 0 bridgehead atoms. The summed E-state index contributed by atoms with van der Waals surface area (Å²) in [5, 5.41) is 6.25. The van der Waals surface area contributed by atoms with Crippen LogP contribution in [0.5, 0.6) is 0 Å². The molecule has 1 unspecified atom stereocenters. The Labute approximate surface area is 115 Å². The number of nitrogens with one attached hydrogen (secondary N) is 2. The molecule has 19 heavy (non-hydrogen) atoms. The van der Waals surface area contributed by atoms with Crippen molar-refractivity contribution >= 4 is 5.91 Å². The maximum absolute atomic E-state index is 12.0. The average Bonchev–Trinajstić information content (AvgIpc) is 2.97. The lowest BCUT2D eigenvalue weighted by molar-refractivity contribution is -0.122. The van der Waals surface area contributed by atoms with Crippen LogP contribution in [0.4, 0.5) is 0 Å². The van der Waals surface area contributed by atoms with E-state index in [-0.39, 0.29) is 11.9 Å². The van der Waals surface area contributed by atoms with Gasteiger partial charge in [0, 0.05) is 13.0 Å². The standard InChI is InChI=1S/C16H24N2O/c1-17-12-11-15(19)18-16(14-9-5-6-10-14)13-7-3-2-4-8-13/h2-4,7-8,14,16-17H,5-6,9-12H2,1H3,(H,18,19). The molecule has 1 atom stereocenters. The van der Waals surface area contributed by atoms with Crippen molar-refractivity contribution in [1.82, 2.24) is 10.6 Å².